The fourth-order valence-electron chi connectivity index (χ4n) is 0.993. The average Bonchev–Trinajstić information content (AvgIpc) is 2.03. The van der Waals surface area contributed by atoms with Gasteiger partial charge in [-0.15, -0.1) is 0 Å². The van der Waals surface area contributed by atoms with Crippen molar-refractivity contribution in [2.75, 3.05) is 6.61 Å². The quantitative estimate of drug-likeness (QED) is 0.509. The lowest BCUT2D eigenvalue weighted by molar-refractivity contribution is -0.0476. The lowest BCUT2D eigenvalue weighted by Crippen LogP contribution is -2.47. The summed E-state index contributed by atoms with van der Waals surface area (Å²) >= 11 is 0. The van der Waals surface area contributed by atoms with Crippen molar-refractivity contribution in [2.45, 2.75) is 32.0 Å². The second kappa shape index (κ2) is 2.45. The van der Waals surface area contributed by atoms with Crippen LogP contribution in [0.1, 0.15) is 20.8 Å². The third-order valence-electron chi connectivity index (χ3n) is 2.33. The van der Waals surface area contributed by atoms with Crippen LogP contribution in [0, 0.1) is 0 Å². The number of hydrogen-bond acceptors (Lipinski definition) is 4. The lowest BCUT2D eigenvalue weighted by Gasteiger charge is -2.33. The van der Waals surface area contributed by atoms with Gasteiger partial charge in [-0.05, 0) is 20.8 Å². The topological polar surface area (TPSA) is 58.9 Å². The van der Waals surface area contributed by atoms with Crippen LogP contribution in [0.25, 0.3) is 0 Å². The van der Waals surface area contributed by atoms with Crippen molar-refractivity contribution >= 4 is 7.32 Å². The molecule has 1 fully saturated rings. The van der Waals surface area contributed by atoms with E-state index in [0.717, 1.165) is 0 Å². The van der Waals surface area contributed by atoms with Crippen LogP contribution in [0.3, 0.4) is 0 Å². The van der Waals surface area contributed by atoms with Crippen molar-refractivity contribution in [1.29, 1.82) is 0 Å². The van der Waals surface area contributed by atoms with Crippen molar-refractivity contribution in [3.8, 4) is 0 Å². The number of aliphatic hydroxyl groups is 1. The molecular formula is C6H13BO4. The number of aliphatic hydroxyl groups excluding tert-OH is 1. The molecule has 0 spiro atoms. The molecule has 4 nitrogen and oxygen atoms in total. The monoisotopic (exact) mass is 160 g/mol. The first kappa shape index (κ1) is 9.00. The molecule has 0 bridgehead atoms. The molecule has 0 aromatic rings. The van der Waals surface area contributed by atoms with E-state index in [-0.39, 0.29) is 6.61 Å². The molecule has 1 saturated heterocycles. The fourth-order valence-corrected chi connectivity index (χ4v) is 0.993. The minimum Gasteiger partial charge on any atom is -0.402 e. The Balaban J connectivity index is 2.81. The van der Waals surface area contributed by atoms with Crippen LogP contribution in [0.5, 0.6) is 0 Å². The Morgan fingerprint density at radius 1 is 1.27 bits per heavy atom. The zero-order chi connectivity index (χ0) is 8.70. The SMILES string of the molecule is CC1(C)OB(O)OC1(C)CO. The molecule has 2 N–H and O–H groups in total. The first-order valence-electron chi connectivity index (χ1n) is 3.56. The summed E-state index contributed by atoms with van der Waals surface area (Å²) in [6.07, 6.45) is 0. The van der Waals surface area contributed by atoms with Crippen molar-refractivity contribution in [3.05, 3.63) is 0 Å². The average molecular weight is 160 g/mol. The summed E-state index contributed by atoms with van der Waals surface area (Å²) in [5.41, 5.74) is -1.46. The van der Waals surface area contributed by atoms with Crippen LogP contribution in [0.4, 0.5) is 0 Å². The Morgan fingerprint density at radius 2 is 1.82 bits per heavy atom. The lowest BCUT2D eigenvalue weighted by atomic mass is 9.89. The van der Waals surface area contributed by atoms with E-state index < -0.39 is 18.5 Å². The predicted octanol–water partition coefficient (Wildman–Crippen LogP) is -0.460. The number of hydrogen-bond donors (Lipinski definition) is 2. The largest absolute Gasteiger partial charge is 0.637 e. The third kappa shape index (κ3) is 1.29. The summed E-state index contributed by atoms with van der Waals surface area (Å²) in [7, 11) is -1.22. The Bertz CT molecular complexity index is 161. The molecule has 11 heavy (non-hydrogen) atoms. The number of rotatable bonds is 1. The summed E-state index contributed by atoms with van der Waals surface area (Å²) < 4.78 is 10.0. The molecule has 0 amide bonds. The Hall–Kier alpha value is -0.0951. The molecular weight excluding hydrogens is 147 g/mol. The van der Waals surface area contributed by atoms with E-state index >= 15 is 0 Å². The standard InChI is InChI=1S/C6H13BO4/c1-5(2)6(3,4-8)11-7(9)10-5/h8-9H,4H2,1-3H3. The van der Waals surface area contributed by atoms with Crippen LogP contribution in [-0.4, -0.2) is 35.3 Å². The van der Waals surface area contributed by atoms with Crippen LogP contribution in [0.2, 0.25) is 0 Å². The summed E-state index contributed by atoms with van der Waals surface area (Å²) in [5.74, 6) is 0. The van der Waals surface area contributed by atoms with Crippen molar-refractivity contribution in [3.63, 3.8) is 0 Å². The van der Waals surface area contributed by atoms with Crippen LogP contribution < -0.4 is 0 Å². The molecule has 1 unspecified atom stereocenters. The molecule has 1 aliphatic heterocycles. The molecule has 0 radical (unpaired) electrons. The fraction of sp³-hybridized carbons (Fsp3) is 1.00. The smallest absolute Gasteiger partial charge is 0.402 e. The molecule has 64 valence electrons. The first-order valence-corrected chi connectivity index (χ1v) is 3.56. The summed E-state index contributed by atoms with van der Waals surface area (Å²) in [6.45, 7) is 5.05. The molecule has 1 atom stereocenters. The Morgan fingerprint density at radius 3 is 2.00 bits per heavy atom. The van der Waals surface area contributed by atoms with Gasteiger partial charge in [-0.2, -0.15) is 0 Å². The van der Waals surface area contributed by atoms with E-state index in [1.165, 1.54) is 0 Å². The van der Waals surface area contributed by atoms with E-state index in [2.05, 4.69) is 0 Å². The maximum Gasteiger partial charge on any atom is 0.637 e. The van der Waals surface area contributed by atoms with Crippen LogP contribution in [-0.2, 0) is 9.31 Å². The van der Waals surface area contributed by atoms with E-state index in [4.69, 9.17) is 19.4 Å². The van der Waals surface area contributed by atoms with E-state index in [1.807, 2.05) is 0 Å². The first-order chi connectivity index (χ1) is 4.91. The molecule has 0 saturated carbocycles. The highest BCUT2D eigenvalue weighted by Gasteiger charge is 2.54. The van der Waals surface area contributed by atoms with Crippen LogP contribution in [0.15, 0.2) is 0 Å². The third-order valence-corrected chi connectivity index (χ3v) is 2.33. The predicted molar refractivity (Wildman–Crippen MR) is 39.7 cm³/mol. The van der Waals surface area contributed by atoms with E-state index in [1.54, 1.807) is 20.8 Å². The highest BCUT2D eigenvalue weighted by atomic mass is 16.7. The zero-order valence-electron chi connectivity index (χ0n) is 7.00. The molecule has 1 aliphatic rings. The second-order valence-electron chi connectivity index (χ2n) is 3.44. The van der Waals surface area contributed by atoms with Crippen LogP contribution >= 0.6 is 0 Å². The zero-order valence-corrected chi connectivity index (χ0v) is 7.00. The van der Waals surface area contributed by atoms with Gasteiger partial charge in [0.1, 0.15) is 5.60 Å². The second-order valence-corrected chi connectivity index (χ2v) is 3.44. The molecule has 0 aromatic heterocycles. The van der Waals surface area contributed by atoms with Crippen molar-refractivity contribution in [1.82, 2.24) is 0 Å². The van der Waals surface area contributed by atoms with Gasteiger partial charge in [0.05, 0.1) is 12.2 Å². The summed E-state index contributed by atoms with van der Waals surface area (Å²) in [5, 5.41) is 17.9. The van der Waals surface area contributed by atoms with Crippen molar-refractivity contribution in [2.24, 2.45) is 0 Å². The maximum absolute atomic E-state index is 8.98. The van der Waals surface area contributed by atoms with Gasteiger partial charge < -0.3 is 19.4 Å². The summed E-state index contributed by atoms with van der Waals surface area (Å²) in [4.78, 5) is 0. The van der Waals surface area contributed by atoms with Gasteiger partial charge in [0, 0.05) is 0 Å². The Labute approximate surface area is 66.3 Å². The van der Waals surface area contributed by atoms with Crippen molar-refractivity contribution < 1.29 is 19.4 Å². The van der Waals surface area contributed by atoms with Gasteiger partial charge in [-0.25, -0.2) is 0 Å². The van der Waals surface area contributed by atoms with Gasteiger partial charge >= 0.3 is 7.32 Å². The minimum atomic E-state index is -1.22. The molecule has 1 rings (SSSR count). The molecule has 1 heterocycles. The van der Waals surface area contributed by atoms with E-state index in [0.29, 0.717) is 0 Å². The highest BCUT2D eigenvalue weighted by Crippen LogP contribution is 2.35. The van der Waals surface area contributed by atoms with Gasteiger partial charge in [0.25, 0.3) is 0 Å². The van der Waals surface area contributed by atoms with Gasteiger partial charge in [0.2, 0.25) is 0 Å². The Kier molecular flexibility index (Phi) is 2.00. The molecule has 0 aliphatic carbocycles. The maximum atomic E-state index is 8.98. The molecule has 0 aromatic carbocycles. The molecule has 5 heteroatoms. The summed E-state index contributed by atoms with van der Waals surface area (Å²) in [6, 6.07) is 0. The normalized spacial score (nSPS) is 36.3. The van der Waals surface area contributed by atoms with E-state index in [9.17, 15) is 0 Å². The minimum absolute atomic E-state index is 0.170. The highest BCUT2D eigenvalue weighted by molar-refractivity contribution is 6.35. The van der Waals surface area contributed by atoms with Gasteiger partial charge in [-0.3, -0.25) is 0 Å². The van der Waals surface area contributed by atoms with Gasteiger partial charge in [-0.1, -0.05) is 0 Å². The van der Waals surface area contributed by atoms with Gasteiger partial charge in [0.15, 0.2) is 0 Å².